The van der Waals surface area contributed by atoms with Crippen LogP contribution in [0.1, 0.15) is 12.0 Å². The van der Waals surface area contributed by atoms with Crippen molar-refractivity contribution in [2.24, 2.45) is 0 Å². The van der Waals surface area contributed by atoms with Crippen LogP contribution in [0.25, 0.3) is 10.2 Å². The highest BCUT2D eigenvalue weighted by Crippen LogP contribution is 2.33. The van der Waals surface area contributed by atoms with Gasteiger partial charge in [0.2, 0.25) is 0 Å². The number of halogens is 2. The molecule has 0 spiro atoms. The van der Waals surface area contributed by atoms with Gasteiger partial charge in [0.05, 0.1) is 16.5 Å². The smallest absolute Gasteiger partial charge is 0.266 e. The summed E-state index contributed by atoms with van der Waals surface area (Å²) in [6.45, 7) is 2.78. The topological polar surface area (TPSA) is 60.2 Å². The van der Waals surface area contributed by atoms with Gasteiger partial charge in [0, 0.05) is 30.5 Å². The minimum absolute atomic E-state index is 0.0427. The number of nitrogens with zero attached hydrogens (tertiary/aromatic N) is 4. The molecule has 4 rings (SSSR count). The molecule has 0 aliphatic rings. The third kappa shape index (κ3) is 5.03. The molecule has 0 N–H and O–H groups in total. The molecule has 0 saturated carbocycles. The third-order valence-electron chi connectivity index (χ3n) is 4.72. The van der Waals surface area contributed by atoms with Crippen molar-refractivity contribution >= 4 is 44.2 Å². The first-order valence-corrected chi connectivity index (χ1v) is 10.9. The van der Waals surface area contributed by atoms with Crippen molar-refractivity contribution in [2.75, 3.05) is 18.1 Å². The van der Waals surface area contributed by atoms with Crippen molar-refractivity contribution < 1.29 is 13.9 Å². The fourth-order valence-corrected chi connectivity index (χ4v) is 4.66. The molecule has 1 amide bonds. The lowest BCUT2D eigenvalue weighted by Crippen LogP contribution is -2.36. The van der Waals surface area contributed by atoms with Crippen LogP contribution in [-0.4, -0.2) is 33.6 Å². The number of imidazole rings is 1. The van der Waals surface area contributed by atoms with Crippen LogP contribution < -0.4 is 9.64 Å². The summed E-state index contributed by atoms with van der Waals surface area (Å²) in [5, 5.41) is 1.19. The Morgan fingerprint density at radius 3 is 2.94 bits per heavy atom. The lowest BCUT2D eigenvalue weighted by atomic mass is 10.2. The summed E-state index contributed by atoms with van der Waals surface area (Å²) >= 11 is 7.58. The van der Waals surface area contributed by atoms with E-state index in [-0.39, 0.29) is 18.3 Å². The normalized spacial score (nSPS) is 11.1. The Hall–Kier alpha value is -2.97. The maximum absolute atomic E-state index is 13.9. The van der Waals surface area contributed by atoms with Crippen LogP contribution in [0.3, 0.4) is 0 Å². The van der Waals surface area contributed by atoms with Crippen molar-refractivity contribution in [3.05, 3.63) is 71.5 Å². The number of rotatable bonds is 8. The second-order valence-electron chi connectivity index (χ2n) is 6.98. The average Bonchev–Trinajstić information content (AvgIpc) is 3.40. The summed E-state index contributed by atoms with van der Waals surface area (Å²) in [4.78, 5) is 23.4. The van der Waals surface area contributed by atoms with E-state index in [2.05, 4.69) is 9.97 Å². The fourth-order valence-electron chi connectivity index (χ4n) is 3.19. The Labute approximate surface area is 187 Å². The Bertz CT molecular complexity index is 1200. The van der Waals surface area contributed by atoms with Gasteiger partial charge in [-0.25, -0.2) is 14.4 Å². The number of para-hydroxylation sites is 1. The standard InChI is InChI=1S/C22H20ClFN4O2S/c1-15-11-16(23)12-19-21(15)26-22(31-19)28(9-4-8-27-10-7-25-14-27)20(29)13-30-18-6-3-2-5-17(18)24/h2-3,5-7,10-12,14H,4,8-9,13H2,1H3. The molecule has 31 heavy (non-hydrogen) atoms. The van der Waals surface area contributed by atoms with E-state index in [0.717, 1.165) is 15.8 Å². The summed E-state index contributed by atoms with van der Waals surface area (Å²) in [5.74, 6) is -0.759. The molecule has 9 heteroatoms. The summed E-state index contributed by atoms with van der Waals surface area (Å²) in [7, 11) is 0. The monoisotopic (exact) mass is 458 g/mol. The van der Waals surface area contributed by atoms with Crippen LogP contribution in [0, 0.1) is 12.7 Å². The predicted octanol–water partition coefficient (Wildman–Crippen LogP) is 5.10. The van der Waals surface area contributed by atoms with E-state index in [1.165, 1.54) is 23.5 Å². The molecule has 0 atom stereocenters. The highest BCUT2D eigenvalue weighted by molar-refractivity contribution is 7.22. The van der Waals surface area contributed by atoms with E-state index in [0.29, 0.717) is 29.7 Å². The number of fused-ring (bicyclic) bond motifs is 1. The number of aromatic nitrogens is 3. The molecule has 0 aliphatic heterocycles. The number of thiazole rings is 1. The summed E-state index contributed by atoms with van der Waals surface area (Å²) in [6.07, 6.45) is 6.01. The Balaban J connectivity index is 1.55. The molecule has 160 valence electrons. The number of aryl methyl sites for hydroxylation is 2. The largest absolute Gasteiger partial charge is 0.481 e. The van der Waals surface area contributed by atoms with Crippen LogP contribution in [0.5, 0.6) is 5.75 Å². The van der Waals surface area contributed by atoms with Crippen molar-refractivity contribution in [1.29, 1.82) is 0 Å². The molecule has 4 aromatic rings. The highest BCUT2D eigenvalue weighted by atomic mass is 35.5. The molecular formula is C22H20ClFN4O2S. The highest BCUT2D eigenvalue weighted by Gasteiger charge is 2.21. The molecule has 0 radical (unpaired) electrons. The number of benzene rings is 2. The van der Waals surface area contributed by atoms with Gasteiger partial charge in [0.15, 0.2) is 23.3 Å². The van der Waals surface area contributed by atoms with Crippen LogP contribution in [-0.2, 0) is 11.3 Å². The summed E-state index contributed by atoms with van der Waals surface area (Å²) in [6, 6.07) is 9.71. The fraction of sp³-hybridized carbons (Fsp3) is 0.227. The number of carbonyl (C=O) groups is 1. The molecule has 2 aromatic heterocycles. The van der Waals surface area contributed by atoms with Gasteiger partial charge in [0.25, 0.3) is 5.91 Å². The Morgan fingerprint density at radius 2 is 2.16 bits per heavy atom. The van der Waals surface area contributed by atoms with Crippen molar-refractivity contribution in [1.82, 2.24) is 14.5 Å². The maximum Gasteiger partial charge on any atom is 0.266 e. The molecule has 2 heterocycles. The first kappa shape index (κ1) is 21.3. The van der Waals surface area contributed by atoms with Crippen molar-refractivity contribution in [3.63, 3.8) is 0 Å². The van der Waals surface area contributed by atoms with Gasteiger partial charge in [-0.15, -0.1) is 0 Å². The quantitative estimate of drug-likeness (QED) is 0.368. The van der Waals surface area contributed by atoms with Gasteiger partial charge in [0.1, 0.15) is 0 Å². The zero-order chi connectivity index (χ0) is 21.8. The van der Waals surface area contributed by atoms with Gasteiger partial charge in [-0.2, -0.15) is 0 Å². The second-order valence-corrected chi connectivity index (χ2v) is 8.43. The molecule has 0 unspecified atom stereocenters. The van der Waals surface area contributed by atoms with E-state index in [1.54, 1.807) is 29.6 Å². The average molecular weight is 459 g/mol. The van der Waals surface area contributed by atoms with E-state index < -0.39 is 5.82 Å². The number of anilines is 1. The van der Waals surface area contributed by atoms with Gasteiger partial charge < -0.3 is 9.30 Å². The molecule has 0 fully saturated rings. The molecule has 0 aliphatic carbocycles. The van der Waals surface area contributed by atoms with Crippen LogP contribution in [0.2, 0.25) is 5.02 Å². The third-order valence-corrected chi connectivity index (χ3v) is 5.96. The molecular weight excluding hydrogens is 439 g/mol. The van der Waals surface area contributed by atoms with E-state index in [9.17, 15) is 9.18 Å². The number of ether oxygens (including phenoxy) is 1. The molecule has 2 aromatic carbocycles. The lowest BCUT2D eigenvalue weighted by molar-refractivity contribution is -0.120. The minimum Gasteiger partial charge on any atom is -0.481 e. The van der Waals surface area contributed by atoms with E-state index in [1.807, 2.05) is 29.8 Å². The Morgan fingerprint density at radius 1 is 1.32 bits per heavy atom. The van der Waals surface area contributed by atoms with Gasteiger partial charge >= 0.3 is 0 Å². The molecule has 0 bridgehead atoms. The van der Waals surface area contributed by atoms with E-state index in [4.69, 9.17) is 16.3 Å². The molecule has 0 saturated heterocycles. The van der Waals surface area contributed by atoms with Crippen molar-refractivity contribution in [2.45, 2.75) is 19.9 Å². The second kappa shape index (κ2) is 9.45. The number of hydrogen-bond acceptors (Lipinski definition) is 5. The van der Waals surface area contributed by atoms with Gasteiger partial charge in [-0.3, -0.25) is 9.69 Å². The first-order chi connectivity index (χ1) is 15.0. The van der Waals surface area contributed by atoms with Crippen LogP contribution in [0.4, 0.5) is 9.52 Å². The van der Waals surface area contributed by atoms with Gasteiger partial charge in [-0.05, 0) is 43.2 Å². The van der Waals surface area contributed by atoms with E-state index >= 15 is 0 Å². The molecule has 6 nitrogen and oxygen atoms in total. The maximum atomic E-state index is 13.9. The van der Waals surface area contributed by atoms with Crippen LogP contribution >= 0.6 is 22.9 Å². The zero-order valence-electron chi connectivity index (χ0n) is 16.8. The Kier molecular flexibility index (Phi) is 6.48. The zero-order valence-corrected chi connectivity index (χ0v) is 18.4. The summed E-state index contributed by atoms with van der Waals surface area (Å²) in [5.41, 5.74) is 1.75. The number of amides is 1. The van der Waals surface area contributed by atoms with Crippen LogP contribution in [0.15, 0.2) is 55.1 Å². The predicted molar refractivity (Wildman–Crippen MR) is 120 cm³/mol. The summed E-state index contributed by atoms with van der Waals surface area (Å²) < 4.78 is 22.2. The minimum atomic E-state index is -0.507. The van der Waals surface area contributed by atoms with Crippen molar-refractivity contribution in [3.8, 4) is 5.75 Å². The lowest BCUT2D eigenvalue weighted by Gasteiger charge is -2.20. The van der Waals surface area contributed by atoms with Gasteiger partial charge in [-0.1, -0.05) is 35.1 Å². The number of carbonyl (C=O) groups excluding carboxylic acids is 1. The SMILES string of the molecule is Cc1cc(Cl)cc2sc(N(CCCn3ccnc3)C(=O)COc3ccccc3F)nc12. The number of hydrogen-bond donors (Lipinski definition) is 0. The first-order valence-electron chi connectivity index (χ1n) is 9.71.